The number of nitrogens with one attached hydrogen (secondary N) is 1. The molecule has 0 saturated carbocycles. The van der Waals surface area contributed by atoms with E-state index in [1.54, 1.807) is 6.07 Å². The van der Waals surface area contributed by atoms with Gasteiger partial charge >= 0.3 is 0 Å². The van der Waals surface area contributed by atoms with Gasteiger partial charge in [-0.1, -0.05) is 55.3 Å². The van der Waals surface area contributed by atoms with E-state index in [1.165, 1.54) is 50.6 Å². The Kier molecular flexibility index (Phi) is 7.40. The Hall–Kier alpha value is -3.05. The van der Waals surface area contributed by atoms with Crippen molar-refractivity contribution >= 4 is 5.91 Å². The van der Waals surface area contributed by atoms with Crippen molar-refractivity contribution in [1.82, 2.24) is 10.2 Å². The number of carbonyl (C=O) groups is 1. The fraction of sp³-hybridized carbons (Fsp3) is 0.346. The van der Waals surface area contributed by atoms with E-state index in [-0.39, 0.29) is 12.5 Å². The van der Waals surface area contributed by atoms with Gasteiger partial charge in [-0.15, -0.1) is 0 Å². The van der Waals surface area contributed by atoms with E-state index >= 15 is 0 Å². The van der Waals surface area contributed by atoms with E-state index in [0.717, 1.165) is 23.4 Å². The summed E-state index contributed by atoms with van der Waals surface area (Å²) in [4.78, 5) is 15.1. The van der Waals surface area contributed by atoms with Crippen LogP contribution in [0.1, 0.15) is 52.9 Å². The van der Waals surface area contributed by atoms with E-state index < -0.39 is 0 Å². The highest BCUT2D eigenvalue weighted by Crippen LogP contribution is 2.17. The highest BCUT2D eigenvalue weighted by atomic mass is 16.5. The van der Waals surface area contributed by atoms with Gasteiger partial charge in [-0.25, -0.2) is 0 Å². The second kappa shape index (κ2) is 10.8. The van der Waals surface area contributed by atoms with Gasteiger partial charge in [0.15, 0.2) is 5.76 Å². The summed E-state index contributed by atoms with van der Waals surface area (Å²) < 4.78 is 11.2. The maximum Gasteiger partial charge on any atom is 0.287 e. The predicted molar refractivity (Wildman–Crippen MR) is 121 cm³/mol. The number of amides is 1. The maximum atomic E-state index is 12.6. The number of carbonyl (C=O) groups excluding carboxylic acids is 1. The molecular formula is C26H30N2O3. The fourth-order valence-corrected chi connectivity index (χ4v) is 3.90. The molecule has 1 fully saturated rings. The van der Waals surface area contributed by atoms with Gasteiger partial charge in [0.05, 0.1) is 6.26 Å². The minimum absolute atomic E-state index is 0.231. The second-order valence-electron chi connectivity index (χ2n) is 8.07. The molecule has 0 unspecified atom stereocenters. The normalized spacial score (nSPS) is 14.7. The largest absolute Gasteiger partial charge is 0.489 e. The van der Waals surface area contributed by atoms with Crippen LogP contribution in [0.2, 0.25) is 0 Å². The lowest BCUT2D eigenvalue weighted by Gasteiger charge is -2.19. The molecule has 0 atom stereocenters. The lowest BCUT2D eigenvalue weighted by atomic mass is 10.1. The third-order valence-corrected chi connectivity index (χ3v) is 5.67. The van der Waals surface area contributed by atoms with Crippen LogP contribution in [0, 0.1) is 0 Å². The highest BCUT2D eigenvalue weighted by molar-refractivity contribution is 5.92. The Balaban J connectivity index is 1.27. The molecule has 0 bridgehead atoms. The Labute approximate surface area is 184 Å². The van der Waals surface area contributed by atoms with E-state index in [9.17, 15) is 4.79 Å². The van der Waals surface area contributed by atoms with Crippen LogP contribution in [0.4, 0.5) is 0 Å². The number of ether oxygens (including phenoxy) is 1. The van der Waals surface area contributed by atoms with Gasteiger partial charge in [0.2, 0.25) is 0 Å². The SMILES string of the molecule is O=C(NCc1ccc(CN2CCCCCC2)cc1)c1occc1COc1ccccc1. The first-order valence-corrected chi connectivity index (χ1v) is 11.1. The summed E-state index contributed by atoms with van der Waals surface area (Å²) >= 11 is 0. The Morgan fingerprint density at radius 3 is 2.35 bits per heavy atom. The third-order valence-electron chi connectivity index (χ3n) is 5.67. The first-order valence-electron chi connectivity index (χ1n) is 11.1. The van der Waals surface area contributed by atoms with Gasteiger partial charge < -0.3 is 14.5 Å². The number of likely N-dealkylation sites (tertiary alicyclic amines) is 1. The number of hydrogen-bond donors (Lipinski definition) is 1. The summed E-state index contributed by atoms with van der Waals surface area (Å²) in [7, 11) is 0. The zero-order valence-electron chi connectivity index (χ0n) is 17.9. The molecule has 2 heterocycles. The monoisotopic (exact) mass is 418 g/mol. The highest BCUT2D eigenvalue weighted by Gasteiger charge is 2.16. The average Bonchev–Trinajstić information content (AvgIpc) is 3.14. The van der Waals surface area contributed by atoms with Crippen molar-refractivity contribution < 1.29 is 13.9 Å². The lowest BCUT2D eigenvalue weighted by Crippen LogP contribution is -2.24. The predicted octanol–water partition coefficient (Wildman–Crippen LogP) is 5.16. The van der Waals surface area contributed by atoms with Crippen LogP contribution in [0.3, 0.4) is 0 Å². The number of nitrogens with zero attached hydrogens (tertiary/aromatic N) is 1. The van der Waals surface area contributed by atoms with Gasteiger partial charge in [-0.05, 0) is 55.3 Å². The van der Waals surface area contributed by atoms with Crippen molar-refractivity contribution in [3.8, 4) is 5.75 Å². The number of hydrogen-bond acceptors (Lipinski definition) is 4. The second-order valence-corrected chi connectivity index (χ2v) is 8.07. The summed E-state index contributed by atoms with van der Waals surface area (Å²) in [5, 5.41) is 2.95. The molecule has 1 aliphatic heterocycles. The smallest absolute Gasteiger partial charge is 0.287 e. The van der Waals surface area contributed by atoms with Gasteiger partial charge in [0.25, 0.3) is 5.91 Å². The molecule has 162 valence electrons. The summed E-state index contributed by atoms with van der Waals surface area (Å²) in [6.45, 7) is 4.13. The van der Waals surface area contributed by atoms with Gasteiger partial charge in [-0.3, -0.25) is 9.69 Å². The topological polar surface area (TPSA) is 54.7 Å². The summed E-state index contributed by atoms with van der Waals surface area (Å²) in [5.74, 6) is 0.828. The Bertz CT molecular complexity index is 942. The Morgan fingerprint density at radius 1 is 0.903 bits per heavy atom. The fourth-order valence-electron chi connectivity index (χ4n) is 3.90. The first kappa shape index (κ1) is 21.2. The lowest BCUT2D eigenvalue weighted by molar-refractivity contribution is 0.0919. The number of benzene rings is 2. The van der Waals surface area contributed by atoms with Gasteiger partial charge in [-0.2, -0.15) is 0 Å². The van der Waals surface area contributed by atoms with Gasteiger partial charge in [0.1, 0.15) is 12.4 Å². The van der Waals surface area contributed by atoms with E-state index in [1.807, 2.05) is 30.3 Å². The van der Waals surface area contributed by atoms with E-state index in [0.29, 0.717) is 12.3 Å². The maximum absolute atomic E-state index is 12.6. The summed E-state index contributed by atoms with van der Waals surface area (Å²) in [5.41, 5.74) is 3.12. The molecule has 31 heavy (non-hydrogen) atoms. The molecule has 0 radical (unpaired) electrons. The molecule has 0 aliphatic carbocycles. The zero-order chi connectivity index (χ0) is 21.3. The van der Waals surface area contributed by atoms with Crippen molar-refractivity contribution in [2.75, 3.05) is 13.1 Å². The standard InChI is InChI=1S/C26H30N2O3/c29-26(25-23(14-17-30-25)20-31-24-8-4-3-5-9-24)27-18-21-10-12-22(13-11-21)19-28-15-6-1-2-7-16-28/h3-5,8-14,17H,1-2,6-7,15-16,18-20H2,(H,27,29). The molecule has 1 amide bonds. The molecule has 2 aromatic carbocycles. The van der Waals surface area contributed by atoms with Gasteiger partial charge in [0, 0.05) is 18.7 Å². The van der Waals surface area contributed by atoms with Crippen LogP contribution in [-0.2, 0) is 19.7 Å². The van der Waals surface area contributed by atoms with Crippen LogP contribution < -0.4 is 10.1 Å². The van der Waals surface area contributed by atoms with Crippen LogP contribution in [0.15, 0.2) is 71.3 Å². The molecule has 4 rings (SSSR count). The minimum atomic E-state index is -0.231. The first-order chi connectivity index (χ1) is 15.3. The zero-order valence-corrected chi connectivity index (χ0v) is 17.9. The number of rotatable bonds is 8. The molecular weight excluding hydrogens is 388 g/mol. The molecule has 0 spiro atoms. The molecule has 1 saturated heterocycles. The molecule has 1 aliphatic rings. The molecule has 1 N–H and O–H groups in total. The summed E-state index contributed by atoms with van der Waals surface area (Å²) in [6.07, 6.45) is 6.83. The van der Waals surface area contributed by atoms with Crippen molar-refractivity contribution in [3.05, 3.63) is 89.4 Å². The van der Waals surface area contributed by atoms with Crippen molar-refractivity contribution in [1.29, 1.82) is 0 Å². The van der Waals surface area contributed by atoms with Crippen LogP contribution >= 0.6 is 0 Å². The number of para-hydroxylation sites is 1. The van der Waals surface area contributed by atoms with Crippen molar-refractivity contribution in [3.63, 3.8) is 0 Å². The number of furan rings is 1. The van der Waals surface area contributed by atoms with Crippen LogP contribution in [0.25, 0.3) is 0 Å². The molecule has 1 aromatic heterocycles. The van der Waals surface area contributed by atoms with E-state index in [2.05, 4.69) is 34.5 Å². The molecule has 3 aromatic rings. The van der Waals surface area contributed by atoms with Crippen molar-refractivity contribution in [2.45, 2.75) is 45.4 Å². The minimum Gasteiger partial charge on any atom is -0.489 e. The summed E-state index contributed by atoms with van der Waals surface area (Å²) in [6, 6.07) is 19.8. The van der Waals surface area contributed by atoms with Crippen molar-refractivity contribution in [2.24, 2.45) is 0 Å². The average molecular weight is 419 g/mol. The Morgan fingerprint density at radius 2 is 1.61 bits per heavy atom. The molecule has 5 heteroatoms. The van der Waals surface area contributed by atoms with Crippen LogP contribution in [0.5, 0.6) is 5.75 Å². The van der Waals surface area contributed by atoms with E-state index in [4.69, 9.17) is 9.15 Å². The molecule has 5 nitrogen and oxygen atoms in total. The van der Waals surface area contributed by atoms with Crippen LogP contribution in [-0.4, -0.2) is 23.9 Å². The quantitative estimate of drug-likeness (QED) is 0.549. The third kappa shape index (κ3) is 6.22.